The lowest BCUT2D eigenvalue weighted by atomic mass is 9.91. The van der Waals surface area contributed by atoms with Crippen LogP contribution in [0, 0.1) is 0 Å². The maximum Gasteiger partial charge on any atom is 0.326 e. The number of carboxylic acid groups (broad SMARTS) is 1. The van der Waals surface area contributed by atoms with E-state index in [4.69, 9.17) is 16.3 Å². The van der Waals surface area contributed by atoms with E-state index in [0.717, 1.165) is 11.1 Å². The number of rotatable bonds is 6. The molecular weight excluding hydrogens is 366 g/mol. The Morgan fingerprint density at radius 2 is 1.85 bits per heavy atom. The van der Waals surface area contributed by atoms with Crippen LogP contribution in [0.15, 0.2) is 54.6 Å². The third-order valence-corrected chi connectivity index (χ3v) is 5.04. The molecule has 6 heteroatoms. The Labute approximate surface area is 163 Å². The van der Waals surface area contributed by atoms with Crippen molar-refractivity contribution in [3.05, 3.63) is 70.7 Å². The molecule has 3 atom stereocenters. The van der Waals surface area contributed by atoms with Crippen molar-refractivity contribution in [2.45, 2.75) is 38.0 Å². The van der Waals surface area contributed by atoms with Crippen LogP contribution in [0.25, 0.3) is 0 Å². The number of nitrogens with zero attached hydrogens (tertiary/aromatic N) is 1. The molecule has 0 bridgehead atoms. The van der Waals surface area contributed by atoms with Crippen molar-refractivity contribution in [3.8, 4) is 0 Å². The van der Waals surface area contributed by atoms with Crippen LogP contribution in [0.3, 0.4) is 0 Å². The first-order chi connectivity index (χ1) is 13.0. The van der Waals surface area contributed by atoms with Crippen LogP contribution in [-0.2, 0) is 14.3 Å². The molecule has 2 aromatic carbocycles. The molecule has 1 amide bonds. The van der Waals surface area contributed by atoms with E-state index in [9.17, 15) is 14.7 Å². The minimum Gasteiger partial charge on any atom is -0.480 e. The normalized spacial score (nSPS) is 21.1. The second-order valence-corrected chi connectivity index (χ2v) is 7.02. The topological polar surface area (TPSA) is 66.8 Å². The van der Waals surface area contributed by atoms with E-state index in [-0.39, 0.29) is 12.5 Å². The van der Waals surface area contributed by atoms with Crippen molar-refractivity contribution in [1.82, 2.24) is 4.90 Å². The summed E-state index contributed by atoms with van der Waals surface area (Å²) in [6.45, 7) is 1.77. The highest BCUT2D eigenvalue weighted by Crippen LogP contribution is 2.41. The molecular formula is C21H22ClNO4. The summed E-state index contributed by atoms with van der Waals surface area (Å²) >= 11 is 6.03. The third kappa shape index (κ3) is 4.15. The number of carbonyl (C=O) groups is 2. The highest BCUT2D eigenvalue weighted by Gasteiger charge is 2.44. The second kappa shape index (κ2) is 8.55. The third-order valence-electron chi connectivity index (χ3n) is 4.78. The zero-order valence-electron chi connectivity index (χ0n) is 15.0. The maximum absolute atomic E-state index is 12.8. The number of carbonyl (C=O) groups excluding carboxylic acids is 1. The first-order valence-electron chi connectivity index (χ1n) is 8.99. The number of halogens is 1. The van der Waals surface area contributed by atoms with Gasteiger partial charge >= 0.3 is 5.97 Å². The Morgan fingerprint density at radius 3 is 2.44 bits per heavy atom. The molecule has 3 rings (SSSR count). The van der Waals surface area contributed by atoms with Gasteiger partial charge in [0.25, 0.3) is 0 Å². The van der Waals surface area contributed by atoms with Crippen LogP contribution in [0.2, 0.25) is 5.02 Å². The van der Waals surface area contributed by atoms with E-state index in [1.165, 1.54) is 4.90 Å². The number of ether oxygens (including phenoxy) is 1. The number of amides is 1. The molecule has 2 aromatic rings. The van der Waals surface area contributed by atoms with Crippen molar-refractivity contribution in [2.75, 3.05) is 6.61 Å². The van der Waals surface area contributed by atoms with Gasteiger partial charge < -0.3 is 14.7 Å². The number of hydrogen-bond donors (Lipinski definition) is 1. The molecule has 1 N–H and O–H groups in total. The zero-order chi connectivity index (χ0) is 19.4. The molecule has 0 spiro atoms. The lowest BCUT2D eigenvalue weighted by Crippen LogP contribution is -2.53. The molecule has 1 saturated heterocycles. The standard InChI is InChI=1S/C21H22ClNO4/c1-2-6-17(21(25)26)23-18(24)13-27-20(15-7-4-3-5-8-15)19(23)14-9-11-16(22)12-10-14/h3-5,7-12,17,19-20H,2,6,13H2,1H3,(H,25,26)/t17-,19-,20+/m1/s1. The van der Waals surface area contributed by atoms with E-state index in [1.807, 2.05) is 49.4 Å². The summed E-state index contributed by atoms with van der Waals surface area (Å²) in [4.78, 5) is 26.2. The largest absolute Gasteiger partial charge is 0.480 e. The van der Waals surface area contributed by atoms with Gasteiger partial charge in [0.05, 0.1) is 6.04 Å². The van der Waals surface area contributed by atoms with Crippen LogP contribution in [0.4, 0.5) is 0 Å². The number of aliphatic carboxylic acids is 1. The molecule has 0 aliphatic carbocycles. The summed E-state index contributed by atoms with van der Waals surface area (Å²) < 4.78 is 5.89. The van der Waals surface area contributed by atoms with Crippen molar-refractivity contribution in [1.29, 1.82) is 0 Å². The zero-order valence-corrected chi connectivity index (χ0v) is 15.8. The SMILES string of the molecule is CCC[C@H](C(=O)O)N1C(=O)CO[C@@H](c2ccccc2)[C@H]1c1ccc(Cl)cc1. The molecule has 0 aromatic heterocycles. The van der Waals surface area contributed by atoms with Crippen molar-refractivity contribution < 1.29 is 19.4 Å². The van der Waals surface area contributed by atoms with Gasteiger partial charge in [0, 0.05) is 5.02 Å². The van der Waals surface area contributed by atoms with Crippen molar-refractivity contribution in [3.63, 3.8) is 0 Å². The average molecular weight is 388 g/mol. The molecule has 142 valence electrons. The summed E-state index contributed by atoms with van der Waals surface area (Å²) in [7, 11) is 0. The predicted molar refractivity (Wildman–Crippen MR) is 103 cm³/mol. The lowest BCUT2D eigenvalue weighted by molar-refractivity contribution is -0.171. The fraction of sp³-hybridized carbons (Fsp3) is 0.333. The Balaban J connectivity index is 2.10. The van der Waals surface area contributed by atoms with E-state index >= 15 is 0 Å². The van der Waals surface area contributed by atoms with Gasteiger partial charge in [-0.25, -0.2) is 4.79 Å². The van der Waals surface area contributed by atoms with Gasteiger partial charge in [-0.05, 0) is 29.7 Å². The quantitative estimate of drug-likeness (QED) is 0.805. The molecule has 5 nitrogen and oxygen atoms in total. The number of carboxylic acids is 1. The molecule has 1 heterocycles. The van der Waals surface area contributed by atoms with Crippen LogP contribution < -0.4 is 0 Å². The molecule has 0 radical (unpaired) electrons. The molecule has 0 saturated carbocycles. The fourth-order valence-electron chi connectivity index (χ4n) is 3.57. The summed E-state index contributed by atoms with van der Waals surface area (Å²) in [5.41, 5.74) is 1.69. The van der Waals surface area contributed by atoms with Gasteiger partial charge in [0.2, 0.25) is 5.91 Å². The van der Waals surface area contributed by atoms with Gasteiger partial charge in [-0.15, -0.1) is 0 Å². The Morgan fingerprint density at radius 1 is 1.19 bits per heavy atom. The minimum atomic E-state index is -1.00. The van der Waals surface area contributed by atoms with Crippen molar-refractivity contribution >= 4 is 23.5 Å². The van der Waals surface area contributed by atoms with Crippen LogP contribution in [0.5, 0.6) is 0 Å². The van der Waals surface area contributed by atoms with Crippen LogP contribution >= 0.6 is 11.6 Å². The Kier molecular flexibility index (Phi) is 6.14. The maximum atomic E-state index is 12.8. The smallest absolute Gasteiger partial charge is 0.326 e. The predicted octanol–water partition coefficient (Wildman–Crippen LogP) is 4.23. The summed E-state index contributed by atoms with van der Waals surface area (Å²) in [6, 6.07) is 15.2. The Bertz CT molecular complexity index is 794. The second-order valence-electron chi connectivity index (χ2n) is 6.58. The van der Waals surface area contributed by atoms with Crippen molar-refractivity contribution in [2.24, 2.45) is 0 Å². The first kappa shape index (κ1) is 19.4. The summed E-state index contributed by atoms with van der Waals surface area (Å²) in [5, 5.41) is 10.4. The highest BCUT2D eigenvalue weighted by molar-refractivity contribution is 6.30. The van der Waals surface area contributed by atoms with E-state index in [0.29, 0.717) is 17.9 Å². The van der Waals surface area contributed by atoms with Crippen LogP contribution in [0.1, 0.15) is 43.0 Å². The lowest BCUT2D eigenvalue weighted by Gasteiger charge is -2.44. The number of benzene rings is 2. The molecule has 0 unspecified atom stereocenters. The number of hydrogen-bond acceptors (Lipinski definition) is 3. The van der Waals surface area contributed by atoms with E-state index < -0.39 is 24.2 Å². The number of morpholine rings is 1. The van der Waals surface area contributed by atoms with Gasteiger partial charge in [-0.2, -0.15) is 0 Å². The molecule has 27 heavy (non-hydrogen) atoms. The van der Waals surface area contributed by atoms with Gasteiger partial charge in [0.1, 0.15) is 18.8 Å². The van der Waals surface area contributed by atoms with Crippen LogP contribution in [-0.4, -0.2) is 34.5 Å². The monoisotopic (exact) mass is 387 g/mol. The molecule has 1 aliphatic heterocycles. The molecule has 1 fully saturated rings. The van der Waals surface area contributed by atoms with Gasteiger partial charge in [-0.3, -0.25) is 4.79 Å². The minimum absolute atomic E-state index is 0.142. The van der Waals surface area contributed by atoms with Gasteiger partial charge in [0.15, 0.2) is 0 Å². The van der Waals surface area contributed by atoms with E-state index in [1.54, 1.807) is 12.1 Å². The summed E-state index contributed by atoms with van der Waals surface area (Å²) in [6.07, 6.45) is 0.584. The Hall–Kier alpha value is -2.37. The summed E-state index contributed by atoms with van der Waals surface area (Å²) in [5.74, 6) is -1.32. The molecule has 1 aliphatic rings. The van der Waals surface area contributed by atoms with E-state index in [2.05, 4.69) is 0 Å². The van der Waals surface area contributed by atoms with Gasteiger partial charge in [-0.1, -0.05) is 67.4 Å². The highest BCUT2D eigenvalue weighted by atomic mass is 35.5. The average Bonchev–Trinajstić information content (AvgIpc) is 2.67. The first-order valence-corrected chi connectivity index (χ1v) is 9.36. The fourth-order valence-corrected chi connectivity index (χ4v) is 3.69.